The average molecular weight is 273 g/mol. The molecule has 0 radical (unpaired) electrons. The van der Waals surface area contributed by atoms with E-state index in [1.807, 2.05) is 6.07 Å². The zero-order valence-electron chi connectivity index (χ0n) is 12.7. The monoisotopic (exact) mass is 273 g/mol. The molecule has 0 aliphatic carbocycles. The fraction of sp³-hybridized carbons (Fsp3) is 0.412. The molecular weight excluding hydrogens is 250 g/mol. The summed E-state index contributed by atoms with van der Waals surface area (Å²) in [6.45, 7) is 9.67. The predicted octanol–water partition coefficient (Wildman–Crippen LogP) is 3.97. The van der Waals surface area contributed by atoms with Crippen LogP contribution < -0.4 is 10.1 Å². The second-order valence-electron chi connectivity index (χ2n) is 5.52. The molecule has 108 valence electrons. The van der Waals surface area contributed by atoms with Gasteiger partial charge in [-0.3, -0.25) is 0 Å². The Kier molecular flexibility index (Phi) is 4.85. The molecule has 1 N–H and O–H groups in total. The van der Waals surface area contributed by atoms with Crippen LogP contribution >= 0.6 is 0 Å². The first-order valence-electron chi connectivity index (χ1n) is 7.04. The maximum absolute atomic E-state index is 5.87. The molecule has 0 amide bonds. The Morgan fingerprint density at radius 1 is 1.15 bits per heavy atom. The Labute approximate surface area is 121 Å². The van der Waals surface area contributed by atoms with E-state index in [0.29, 0.717) is 12.6 Å². The van der Waals surface area contributed by atoms with E-state index >= 15 is 0 Å². The van der Waals surface area contributed by atoms with E-state index in [2.05, 4.69) is 51.2 Å². The molecule has 0 fully saturated rings. The Bertz CT molecular complexity index is 538. The zero-order valence-corrected chi connectivity index (χ0v) is 12.7. The summed E-state index contributed by atoms with van der Waals surface area (Å²) in [7, 11) is 0. The van der Waals surface area contributed by atoms with Gasteiger partial charge in [0.25, 0.3) is 0 Å². The highest BCUT2D eigenvalue weighted by molar-refractivity contribution is 5.33. The number of nitrogens with one attached hydrogen (secondary N) is 1. The largest absolute Gasteiger partial charge is 0.489 e. The van der Waals surface area contributed by atoms with Crippen LogP contribution in [0.1, 0.15) is 36.3 Å². The van der Waals surface area contributed by atoms with Gasteiger partial charge < -0.3 is 14.5 Å². The highest BCUT2D eigenvalue weighted by Crippen LogP contribution is 2.19. The molecule has 0 bridgehead atoms. The van der Waals surface area contributed by atoms with Crippen molar-refractivity contribution in [2.45, 2.75) is 46.9 Å². The van der Waals surface area contributed by atoms with Crippen molar-refractivity contribution >= 4 is 0 Å². The highest BCUT2D eigenvalue weighted by atomic mass is 16.5. The van der Waals surface area contributed by atoms with Crippen LogP contribution in [0.3, 0.4) is 0 Å². The van der Waals surface area contributed by atoms with Crippen LogP contribution in [0.2, 0.25) is 0 Å². The van der Waals surface area contributed by atoms with Crippen molar-refractivity contribution in [3.63, 3.8) is 0 Å². The first kappa shape index (κ1) is 14.7. The van der Waals surface area contributed by atoms with Crippen molar-refractivity contribution in [3.05, 3.63) is 53.0 Å². The fourth-order valence-corrected chi connectivity index (χ4v) is 2.12. The smallest absolute Gasteiger partial charge is 0.124 e. The van der Waals surface area contributed by atoms with Gasteiger partial charge in [-0.1, -0.05) is 19.9 Å². The number of furan rings is 1. The van der Waals surface area contributed by atoms with Crippen molar-refractivity contribution in [1.82, 2.24) is 5.32 Å². The van der Waals surface area contributed by atoms with Crippen molar-refractivity contribution in [2.75, 3.05) is 0 Å². The van der Waals surface area contributed by atoms with Gasteiger partial charge in [-0.25, -0.2) is 0 Å². The summed E-state index contributed by atoms with van der Waals surface area (Å²) in [5.74, 6) is 1.86. The first-order valence-corrected chi connectivity index (χ1v) is 7.04. The lowest BCUT2D eigenvalue weighted by molar-refractivity contribution is 0.300. The molecule has 1 aromatic carbocycles. The molecular formula is C17H23NO2. The van der Waals surface area contributed by atoms with Crippen molar-refractivity contribution in [1.29, 1.82) is 0 Å². The summed E-state index contributed by atoms with van der Waals surface area (Å²) >= 11 is 0. The Morgan fingerprint density at radius 3 is 2.50 bits per heavy atom. The van der Waals surface area contributed by atoms with Gasteiger partial charge in [0, 0.05) is 11.6 Å². The Balaban J connectivity index is 1.98. The molecule has 0 unspecified atom stereocenters. The van der Waals surface area contributed by atoms with Gasteiger partial charge in [-0.05, 0) is 43.2 Å². The third-order valence-electron chi connectivity index (χ3n) is 3.10. The van der Waals surface area contributed by atoms with Gasteiger partial charge in [0.1, 0.15) is 18.1 Å². The molecule has 1 aromatic heterocycles. The normalized spacial score (nSPS) is 11.1. The van der Waals surface area contributed by atoms with Gasteiger partial charge in [0.15, 0.2) is 0 Å². The van der Waals surface area contributed by atoms with E-state index in [1.165, 1.54) is 11.1 Å². The topological polar surface area (TPSA) is 34.4 Å². The lowest BCUT2D eigenvalue weighted by Gasteiger charge is -2.10. The van der Waals surface area contributed by atoms with Crippen LogP contribution in [0.25, 0.3) is 0 Å². The summed E-state index contributed by atoms with van der Waals surface area (Å²) in [6, 6.07) is 8.66. The Hall–Kier alpha value is -1.74. The zero-order chi connectivity index (χ0) is 14.5. The molecule has 0 spiro atoms. The van der Waals surface area contributed by atoms with Crippen LogP contribution in [0, 0.1) is 13.8 Å². The van der Waals surface area contributed by atoms with Crippen molar-refractivity contribution < 1.29 is 9.15 Å². The first-order chi connectivity index (χ1) is 9.54. The number of ether oxygens (including phenoxy) is 1. The second kappa shape index (κ2) is 6.62. The third-order valence-corrected chi connectivity index (χ3v) is 3.10. The molecule has 3 nitrogen and oxygen atoms in total. The molecule has 0 aliphatic heterocycles. The Morgan fingerprint density at radius 2 is 1.85 bits per heavy atom. The quantitative estimate of drug-likeness (QED) is 0.864. The van der Waals surface area contributed by atoms with Crippen molar-refractivity contribution in [2.24, 2.45) is 0 Å². The minimum Gasteiger partial charge on any atom is -0.489 e. The van der Waals surface area contributed by atoms with Gasteiger partial charge >= 0.3 is 0 Å². The number of hydrogen-bond acceptors (Lipinski definition) is 3. The summed E-state index contributed by atoms with van der Waals surface area (Å²) in [5.41, 5.74) is 3.53. The molecule has 0 saturated carbocycles. The molecule has 2 aromatic rings. The van der Waals surface area contributed by atoms with Crippen molar-refractivity contribution in [3.8, 4) is 5.75 Å². The summed E-state index contributed by atoms with van der Waals surface area (Å²) in [5, 5.41) is 3.36. The van der Waals surface area contributed by atoms with Crippen LogP contribution in [0.15, 0.2) is 34.9 Å². The van der Waals surface area contributed by atoms with E-state index in [4.69, 9.17) is 9.15 Å². The lowest BCUT2D eigenvalue weighted by atomic mass is 10.1. The minimum absolute atomic E-state index is 0.438. The number of rotatable bonds is 6. The van der Waals surface area contributed by atoms with E-state index in [0.717, 1.165) is 23.6 Å². The van der Waals surface area contributed by atoms with Crippen LogP contribution in [-0.4, -0.2) is 6.04 Å². The molecule has 0 aliphatic rings. The summed E-state index contributed by atoms with van der Waals surface area (Å²) in [6.07, 6.45) is 1.72. The van der Waals surface area contributed by atoms with Crippen LogP contribution in [0.4, 0.5) is 0 Å². The summed E-state index contributed by atoms with van der Waals surface area (Å²) in [4.78, 5) is 0. The average Bonchev–Trinajstić information content (AvgIpc) is 2.80. The van der Waals surface area contributed by atoms with E-state index in [9.17, 15) is 0 Å². The lowest BCUT2D eigenvalue weighted by Crippen LogP contribution is -2.22. The standard InChI is InChI=1S/C17H23NO2/c1-12(2)18-10-17-15(5-6-19-17)11-20-16-8-13(3)7-14(4)9-16/h5-9,12,18H,10-11H2,1-4H3. The minimum atomic E-state index is 0.438. The summed E-state index contributed by atoms with van der Waals surface area (Å²) < 4.78 is 11.4. The second-order valence-corrected chi connectivity index (χ2v) is 5.52. The molecule has 0 saturated heterocycles. The maximum atomic E-state index is 5.87. The van der Waals surface area contributed by atoms with E-state index in [1.54, 1.807) is 6.26 Å². The highest BCUT2D eigenvalue weighted by Gasteiger charge is 2.08. The van der Waals surface area contributed by atoms with Gasteiger partial charge in [0.05, 0.1) is 12.8 Å². The number of aryl methyl sites for hydroxylation is 2. The molecule has 20 heavy (non-hydrogen) atoms. The van der Waals surface area contributed by atoms with Crippen LogP contribution in [0.5, 0.6) is 5.75 Å². The van der Waals surface area contributed by atoms with E-state index < -0.39 is 0 Å². The van der Waals surface area contributed by atoms with Crippen LogP contribution in [-0.2, 0) is 13.2 Å². The SMILES string of the molecule is Cc1cc(C)cc(OCc2ccoc2CNC(C)C)c1. The van der Waals surface area contributed by atoms with E-state index in [-0.39, 0.29) is 0 Å². The molecule has 2 rings (SSSR count). The molecule has 0 atom stereocenters. The van der Waals surface area contributed by atoms with Gasteiger partial charge in [-0.2, -0.15) is 0 Å². The number of hydrogen-bond donors (Lipinski definition) is 1. The third kappa shape index (κ3) is 4.14. The fourth-order valence-electron chi connectivity index (χ4n) is 2.12. The number of benzene rings is 1. The van der Waals surface area contributed by atoms with Gasteiger partial charge in [-0.15, -0.1) is 0 Å². The predicted molar refractivity (Wildman–Crippen MR) is 80.9 cm³/mol. The molecule has 3 heteroatoms. The maximum Gasteiger partial charge on any atom is 0.124 e. The molecule has 1 heterocycles. The van der Waals surface area contributed by atoms with Gasteiger partial charge in [0.2, 0.25) is 0 Å².